The zero-order valence-electron chi connectivity index (χ0n) is 14.7. The highest BCUT2D eigenvalue weighted by Crippen LogP contribution is 2.37. The number of amides is 1. The van der Waals surface area contributed by atoms with E-state index in [2.05, 4.69) is 39.4 Å². The number of benzene rings is 1. The van der Waals surface area contributed by atoms with E-state index < -0.39 is 0 Å². The first-order chi connectivity index (χ1) is 11.9. The Morgan fingerprint density at radius 3 is 2.80 bits per heavy atom. The van der Waals surface area contributed by atoms with E-state index in [1.165, 1.54) is 18.5 Å². The van der Waals surface area contributed by atoms with Gasteiger partial charge in [0.2, 0.25) is 6.41 Å². The average Bonchev–Trinajstić information content (AvgIpc) is 2.97. The molecule has 1 aliphatic heterocycles. The fourth-order valence-corrected chi connectivity index (χ4v) is 3.38. The molecule has 0 radical (unpaired) electrons. The Hall–Kier alpha value is -2.77. The Balaban J connectivity index is 2.25. The van der Waals surface area contributed by atoms with Crippen LogP contribution in [0, 0.1) is 12.7 Å². The van der Waals surface area contributed by atoms with Crippen molar-refractivity contribution < 1.29 is 9.18 Å². The molecule has 0 bridgehead atoms. The summed E-state index contributed by atoms with van der Waals surface area (Å²) in [5.41, 5.74) is 5.41. The Kier molecular flexibility index (Phi) is 4.52. The summed E-state index contributed by atoms with van der Waals surface area (Å²) in [6.45, 7) is 6.53. The van der Waals surface area contributed by atoms with Crippen LogP contribution in [0.1, 0.15) is 36.7 Å². The zero-order chi connectivity index (χ0) is 18.1. The highest BCUT2D eigenvalue weighted by atomic mass is 19.1. The quantitative estimate of drug-likeness (QED) is 0.677. The molecule has 1 amide bonds. The lowest BCUT2D eigenvalue weighted by atomic mass is 9.86. The third-order valence-corrected chi connectivity index (χ3v) is 4.47. The topological polar surface area (TPSA) is 75.4 Å². The first-order valence-corrected chi connectivity index (χ1v) is 8.11. The van der Waals surface area contributed by atoms with Crippen LogP contribution in [0.2, 0.25) is 0 Å². The summed E-state index contributed by atoms with van der Waals surface area (Å²) < 4.78 is 15.7. The molecule has 8 heteroatoms. The molecule has 132 valence electrons. The molecule has 1 unspecified atom stereocenters. The predicted octanol–water partition coefficient (Wildman–Crippen LogP) is 1.72. The van der Waals surface area contributed by atoms with Crippen LogP contribution in [0.25, 0.3) is 0 Å². The molecule has 3 rings (SSSR count). The minimum atomic E-state index is -0.290. The molecule has 0 aliphatic carbocycles. The smallest absolute Gasteiger partial charge is 0.227 e. The number of aromatic nitrogens is 3. The lowest BCUT2D eigenvalue weighted by Crippen LogP contribution is -2.44. The maximum Gasteiger partial charge on any atom is 0.227 e. The Morgan fingerprint density at radius 1 is 1.44 bits per heavy atom. The van der Waals surface area contributed by atoms with E-state index in [9.17, 15) is 9.18 Å². The van der Waals surface area contributed by atoms with Crippen molar-refractivity contribution in [3.8, 4) is 0 Å². The third kappa shape index (κ3) is 2.99. The van der Waals surface area contributed by atoms with Crippen molar-refractivity contribution in [3.63, 3.8) is 0 Å². The van der Waals surface area contributed by atoms with Gasteiger partial charge in [-0.1, -0.05) is 0 Å². The van der Waals surface area contributed by atoms with Gasteiger partial charge in [0.25, 0.3) is 0 Å². The predicted molar refractivity (Wildman–Crippen MR) is 93.1 cm³/mol. The number of aryl methyl sites for hydroxylation is 2. The number of nitrogens with one attached hydrogen (secondary N) is 1. The van der Waals surface area contributed by atoms with E-state index in [4.69, 9.17) is 0 Å². The summed E-state index contributed by atoms with van der Waals surface area (Å²) in [6, 6.07) is 3.16. The monoisotopic (exact) mass is 344 g/mol. The van der Waals surface area contributed by atoms with E-state index in [0.717, 1.165) is 22.6 Å². The summed E-state index contributed by atoms with van der Waals surface area (Å²) >= 11 is 0. The van der Waals surface area contributed by atoms with E-state index >= 15 is 0 Å². The number of nitrogens with zero attached hydrogens (tertiary/aromatic N) is 5. The summed E-state index contributed by atoms with van der Waals surface area (Å²) in [7, 11) is 1.82. The Bertz CT molecular complexity index is 829. The SMILES string of the molecule is Cc1cc(F)cc2c1/C(=N\NC=O)C(c1ncnn1C)CN2C(C)C. The molecule has 1 aliphatic rings. The first-order valence-electron chi connectivity index (χ1n) is 8.11. The van der Waals surface area contributed by atoms with E-state index in [-0.39, 0.29) is 17.8 Å². The number of hydrazone groups is 1. The van der Waals surface area contributed by atoms with Crippen molar-refractivity contribution in [1.29, 1.82) is 0 Å². The molecule has 0 spiro atoms. The van der Waals surface area contributed by atoms with Gasteiger partial charge in [-0.2, -0.15) is 10.2 Å². The van der Waals surface area contributed by atoms with Gasteiger partial charge in [0.05, 0.1) is 11.6 Å². The van der Waals surface area contributed by atoms with Gasteiger partial charge >= 0.3 is 0 Å². The molecule has 1 aromatic carbocycles. The largest absolute Gasteiger partial charge is 0.367 e. The van der Waals surface area contributed by atoms with Crippen molar-refractivity contribution in [2.45, 2.75) is 32.7 Å². The number of rotatable bonds is 4. The van der Waals surface area contributed by atoms with Crippen LogP contribution < -0.4 is 10.3 Å². The Labute approximate surface area is 145 Å². The molecule has 1 atom stereocenters. The van der Waals surface area contributed by atoms with Gasteiger partial charge in [0, 0.05) is 30.9 Å². The number of anilines is 1. The second-order valence-corrected chi connectivity index (χ2v) is 6.40. The minimum Gasteiger partial charge on any atom is -0.367 e. The normalized spacial score (nSPS) is 18.6. The van der Waals surface area contributed by atoms with E-state index in [0.29, 0.717) is 18.7 Å². The van der Waals surface area contributed by atoms with E-state index in [1.54, 1.807) is 4.68 Å². The van der Waals surface area contributed by atoms with Crippen LogP contribution in [0.3, 0.4) is 0 Å². The molecule has 0 saturated heterocycles. The van der Waals surface area contributed by atoms with Crippen molar-refractivity contribution in [3.05, 3.63) is 41.2 Å². The second kappa shape index (κ2) is 6.62. The maximum absolute atomic E-state index is 14.0. The molecule has 1 aromatic heterocycles. The van der Waals surface area contributed by atoms with Gasteiger partial charge in [-0.25, -0.2) is 14.8 Å². The lowest BCUT2D eigenvalue weighted by Gasteiger charge is -2.39. The molecule has 0 fully saturated rings. The van der Waals surface area contributed by atoms with E-state index in [1.807, 2.05) is 14.0 Å². The van der Waals surface area contributed by atoms with Gasteiger partial charge in [-0.15, -0.1) is 0 Å². The van der Waals surface area contributed by atoms with Crippen LogP contribution >= 0.6 is 0 Å². The first kappa shape index (κ1) is 17.1. The van der Waals surface area contributed by atoms with Crippen LogP contribution in [0.4, 0.5) is 10.1 Å². The number of hydrogen-bond donors (Lipinski definition) is 1. The molecule has 2 aromatic rings. The molecule has 1 N–H and O–H groups in total. The summed E-state index contributed by atoms with van der Waals surface area (Å²) in [5.74, 6) is 0.257. The van der Waals surface area contributed by atoms with Gasteiger partial charge in [-0.05, 0) is 38.5 Å². The number of fused-ring (bicyclic) bond motifs is 1. The molecular weight excluding hydrogens is 323 g/mol. The third-order valence-electron chi connectivity index (χ3n) is 4.47. The summed E-state index contributed by atoms with van der Waals surface area (Å²) in [5, 5.41) is 8.43. The van der Waals surface area contributed by atoms with Gasteiger partial charge in [-0.3, -0.25) is 9.48 Å². The summed E-state index contributed by atoms with van der Waals surface area (Å²) in [6.07, 6.45) is 2.01. The van der Waals surface area contributed by atoms with Crippen LogP contribution in [0.5, 0.6) is 0 Å². The van der Waals surface area contributed by atoms with Crippen molar-refractivity contribution in [2.24, 2.45) is 12.1 Å². The van der Waals surface area contributed by atoms with Crippen LogP contribution in [-0.2, 0) is 11.8 Å². The van der Waals surface area contributed by atoms with Gasteiger partial charge < -0.3 is 4.90 Å². The zero-order valence-corrected chi connectivity index (χ0v) is 14.7. The minimum absolute atomic E-state index is 0.163. The number of hydrogen-bond acceptors (Lipinski definition) is 5. The Morgan fingerprint density at radius 2 is 2.20 bits per heavy atom. The summed E-state index contributed by atoms with van der Waals surface area (Å²) in [4.78, 5) is 17.3. The number of carbonyl (C=O) groups excluding carboxylic acids is 1. The highest BCUT2D eigenvalue weighted by Gasteiger charge is 2.36. The fourth-order valence-electron chi connectivity index (χ4n) is 3.38. The van der Waals surface area contributed by atoms with Crippen LogP contribution in [0.15, 0.2) is 23.6 Å². The maximum atomic E-state index is 14.0. The second-order valence-electron chi connectivity index (χ2n) is 6.40. The van der Waals surface area contributed by atoms with Crippen LogP contribution in [-0.4, -0.2) is 39.5 Å². The van der Waals surface area contributed by atoms with Crippen molar-refractivity contribution >= 4 is 17.8 Å². The molecular formula is C17H21FN6O. The van der Waals surface area contributed by atoms with Crippen molar-refractivity contribution in [2.75, 3.05) is 11.4 Å². The number of carbonyl (C=O) groups is 1. The molecule has 7 nitrogen and oxygen atoms in total. The van der Waals surface area contributed by atoms with Gasteiger partial charge in [0.15, 0.2) is 0 Å². The molecule has 2 heterocycles. The standard InChI is InChI=1S/C17H21FN6O/c1-10(2)24-7-13(17-19-8-21-23(17)4)16(22-20-9-25)15-11(3)5-12(18)6-14(15)24/h5-6,8-10,13H,7H2,1-4H3,(H,20,25)/b22-16-. The number of halogens is 1. The lowest BCUT2D eigenvalue weighted by molar-refractivity contribution is -0.109. The fraction of sp³-hybridized carbons (Fsp3) is 0.412. The molecule has 25 heavy (non-hydrogen) atoms. The average molecular weight is 344 g/mol. The highest BCUT2D eigenvalue weighted by molar-refractivity contribution is 6.12. The van der Waals surface area contributed by atoms with Crippen molar-refractivity contribution in [1.82, 2.24) is 20.2 Å². The van der Waals surface area contributed by atoms with Gasteiger partial charge in [0.1, 0.15) is 18.0 Å². The molecule has 0 saturated carbocycles.